The molecule has 190 valence electrons. The van der Waals surface area contributed by atoms with Crippen molar-refractivity contribution >= 4 is 40.0 Å². The van der Waals surface area contributed by atoms with Gasteiger partial charge in [0.2, 0.25) is 0 Å². The molecule has 6 heteroatoms. The zero-order valence-electron chi connectivity index (χ0n) is 21.2. The maximum atomic E-state index is 13.7. The predicted octanol–water partition coefficient (Wildman–Crippen LogP) is 7.16. The molecule has 0 spiro atoms. The summed E-state index contributed by atoms with van der Waals surface area (Å²) in [5.41, 5.74) is 6.19. The molecule has 1 amide bonds. The van der Waals surface area contributed by atoms with Crippen LogP contribution in [-0.4, -0.2) is 34.4 Å². The summed E-state index contributed by atoms with van der Waals surface area (Å²) in [7, 11) is 0. The van der Waals surface area contributed by atoms with Crippen molar-refractivity contribution < 1.29 is 4.79 Å². The maximum absolute atomic E-state index is 13.7. The number of aromatic nitrogens is 1. The molecule has 1 fully saturated rings. The highest BCUT2D eigenvalue weighted by Gasteiger charge is 2.32. The number of rotatable bonds is 6. The summed E-state index contributed by atoms with van der Waals surface area (Å²) in [5.74, 6) is 0.0838. The van der Waals surface area contributed by atoms with Crippen LogP contribution < -0.4 is 5.32 Å². The highest BCUT2D eigenvalue weighted by molar-refractivity contribution is 6.35. The van der Waals surface area contributed by atoms with Gasteiger partial charge in [-0.15, -0.1) is 0 Å². The third-order valence-electron chi connectivity index (χ3n) is 7.24. The molecule has 3 aromatic carbocycles. The molecular formula is C31H31Cl2N3O. The molecule has 1 aromatic heterocycles. The fraction of sp³-hybridized carbons (Fsp3) is 0.290. The summed E-state index contributed by atoms with van der Waals surface area (Å²) in [4.78, 5) is 20.2. The number of likely N-dealkylation sites (tertiary alicyclic amines) is 1. The minimum atomic E-state index is 0.0208. The number of fused-ring (bicyclic) bond motifs is 1. The molecule has 2 heterocycles. The summed E-state index contributed by atoms with van der Waals surface area (Å²) in [6.45, 7) is 5.52. The van der Waals surface area contributed by atoms with E-state index in [0.29, 0.717) is 23.0 Å². The average molecular weight is 533 g/mol. The first-order valence-corrected chi connectivity index (χ1v) is 13.5. The summed E-state index contributed by atoms with van der Waals surface area (Å²) >= 11 is 12.7. The summed E-state index contributed by atoms with van der Waals surface area (Å²) in [6, 6.07) is 22.3. The second-order valence-electron chi connectivity index (χ2n) is 10.1. The first-order chi connectivity index (χ1) is 17.9. The van der Waals surface area contributed by atoms with Crippen molar-refractivity contribution in [2.45, 2.75) is 51.7 Å². The lowest BCUT2D eigenvalue weighted by Crippen LogP contribution is -2.51. The Bertz CT molecular complexity index is 1410. The molecule has 1 saturated heterocycles. The number of carbonyl (C=O) groups is 1. The Kier molecular flexibility index (Phi) is 7.80. The predicted molar refractivity (Wildman–Crippen MR) is 153 cm³/mol. The van der Waals surface area contributed by atoms with E-state index in [1.54, 1.807) is 6.07 Å². The van der Waals surface area contributed by atoms with E-state index in [2.05, 4.69) is 34.6 Å². The zero-order chi connectivity index (χ0) is 25.9. The number of para-hydroxylation sites is 1. The number of benzene rings is 3. The monoisotopic (exact) mass is 531 g/mol. The minimum Gasteiger partial charge on any atom is -0.335 e. The molecule has 2 atom stereocenters. The van der Waals surface area contributed by atoms with Crippen molar-refractivity contribution in [3.63, 3.8) is 0 Å². The van der Waals surface area contributed by atoms with Crippen molar-refractivity contribution in [2.24, 2.45) is 0 Å². The Balaban J connectivity index is 1.37. The first kappa shape index (κ1) is 25.7. The fourth-order valence-electron chi connectivity index (χ4n) is 5.47. The second-order valence-corrected chi connectivity index (χ2v) is 10.9. The summed E-state index contributed by atoms with van der Waals surface area (Å²) in [5, 5.41) is 6.20. The van der Waals surface area contributed by atoms with Crippen molar-refractivity contribution in [1.29, 1.82) is 0 Å². The van der Waals surface area contributed by atoms with Crippen LogP contribution in [0.4, 0.5) is 0 Å². The highest BCUT2D eigenvalue weighted by Crippen LogP contribution is 2.29. The van der Waals surface area contributed by atoms with Gasteiger partial charge in [0.25, 0.3) is 5.91 Å². The maximum Gasteiger partial charge on any atom is 0.254 e. The Labute approximate surface area is 228 Å². The molecule has 1 aliphatic rings. The lowest BCUT2D eigenvalue weighted by Gasteiger charge is -2.40. The number of nitrogens with zero attached hydrogens (tertiary/aromatic N) is 2. The van der Waals surface area contributed by atoms with E-state index < -0.39 is 0 Å². The van der Waals surface area contributed by atoms with Crippen LogP contribution in [0, 0.1) is 13.8 Å². The van der Waals surface area contributed by atoms with Gasteiger partial charge in [0, 0.05) is 52.4 Å². The highest BCUT2D eigenvalue weighted by atomic mass is 35.5. The summed E-state index contributed by atoms with van der Waals surface area (Å²) in [6.07, 6.45) is 4.29. The third-order valence-corrected chi connectivity index (χ3v) is 7.82. The normalized spacial score (nSPS) is 17.8. The number of hydrogen-bond donors (Lipinski definition) is 1. The van der Waals surface area contributed by atoms with E-state index in [1.807, 2.05) is 61.3 Å². The number of hydrogen-bond acceptors (Lipinski definition) is 3. The van der Waals surface area contributed by atoms with Crippen molar-refractivity contribution in [1.82, 2.24) is 15.2 Å². The van der Waals surface area contributed by atoms with Crippen LogP contribution >= 0.6 is 23.2 Å². The number of carbonyl (C=O) groups excluding carboxylic acids is 1. The SMILES string of the molecule is Cc1cc(C)cc(C(=O)N2CCC(NCc3ccnc4ccccc34)CC2Cc2ccc(Cl)cc2Cl)c1. The molecule has 0 saturated carbocycles. The van der Waals surface area contributed by atoms with Crippen LogP contribution in [0.15, 0.2) is 72.9 Å². The van der Waals surface area contributed by atoms with E-state index in [9.17, 15) is 4.79 Å². The van der Waals surface area contributed by atoms with Gasteiger partial charge in [0.05, 0.1) is 5.52 Å². The number of aryl methyl sites for hydroxylation is 2. The first-order valence-electron chi connectivity index (χ1n) is 12.8. The molecule has 0 bridgehead atoms. The Morgan fingerprint density at radius 1 is 1.00 bits per heavy atom. The lowest BCUT2D eigenvalue weighted by atomic mass is 9.91. The molecule has 0 aliphatic carbocycles. The molecule has 4 nitrogen and oxygen atoms in total. The van der Waals surface area contributed by atoms with Gasteiger partial charge in [-0.25, -0.2) is 0 Å². The molecule has 4 aromatic rings. The molecule has 37 heavy (non-hydrogen) atoms. The smallest absolute Gasteiger partial charge is 0.254 e. The van der Waals surface area contributed by atoms with Gasteiger partial charge < -0.3 is 10.2 Å². The number of piperidine rings is 1. The number of amides is 1. The van der Waals surface area contributed by atoms with Gasteiger partial charge >= 0.3 is 0 Å². The third kappa shape index (κ3) is 5.98. The fourth-order valence-corrected chi connectivity index (χ4v) is 5.95. The van der Waals surface area contributed by atoms with Gasteiger partial charge in [-0.1, -0.05) is 64.7 Å². The van der Waals surface area contributed by atoms with Crippen molar-refractivity contribution in [3.05, 3.63) is 111 Å². The molecule has 0 radical (unpaired) electrons. The molecular weight excluding hydrogens is 501 g/mol. The molecule has 2 unspecified atom stereocenters. The number of halogens is 2. The van der Waals surface area contributed by atoms with E-state index in [4.69, 9.17) is 23.2 Å². The lowest BCUT2D eigenvalue weighted by molar-refractivity contribution is 0.0576. The van der Waals surface area contributed by atoms with Crippen LogP contribution in [0.3, 0.4) is 0 Å². The summed E-state index contributed by atoms with van der Waals surface area (Å²) < 4.78 is 0. The molecule has 1 aliphatic heterocycles. The van der Waals surface area contributed by atoms with Crippen LogP contribution in [0.1, 0.15) is 45.5 Å². The zero-order valence-corrected chi connectivity index (χ0v) is 22.7. The van der Waals surface area contributed by atoms with Crippen LogP contribution in [-0.2, 0) is 13.0 Å². The Hall–Kier alpha value is -2.92. The van der Waals surface area contributed by atoms with Gasteiger partial charge in [0.1, 0.15) is 0 Å². The van der Waals surface area contributed by atoms with E-state index in [1.165, 1.54) is 10.9 Å². The van der Waals surface area contributed by atoms with Crippen molar-refractivity contribution in [2.75, 3.05) is 6.54 Å². The standard InChI is InChI=1S/C31H31Cl2N3O/c1-20-13-21(2)15-24(14-20)31(37)36-12-10-26(18-27(36)16-22-7-8-25(32)17-29(22)33)35-19-23-9-11-34-30-6-4-3-5-28(23)30/h3-9,11,13-15,17,26-27,35H,10,12,16,18-19H2,1-2H3. The largest absolute Gasteiger partial charge is 0.335 e. The molecule has 5 rings (SSSR count). The van der Waals surface area contributed by atoms with E-state index in [-0.39, 0.29) is 18.0 Å². The van der Waals surface area contributed by atoms with Crippen LogP contribution in [0.2, 0.25) is 10.0 Å². The quantitative estimate of drug-likeness (QED) is 0.287. The van der Waals surface area contributed by atoms with Gasteiger partial charge in [0.15, 0.2) is 0 Å². The Morgan fingerprint density at radius 3 is 2.57 bits per heavy atom. The number of pyridine rings is 1. The van der Waals surface area contributed by atoms with E-state index in [0.717, 1.165) is 47.2 Å². The van der Waals surface area contributed by atoms with Gasteiger partial charge in [-0.3, -0.25) is 9.78 Å². The average Bonchev–Trinajstić information content (AvgIpc) is 2.88. The second kappa shape index (κ2) is 11.2. The topological polar surface area (TPSA) is 45.2 Å². The number of nitrogens with one attached hydrogen (secondary N) is 1. The van der Waals surface area contributed by atoms with Gasteiger partial charge in [-0.2, -0.15) is 0 Å². The van der Waals surface area contributed by atoms with Crippen molar-refractivity contribution in [3.8, 4) is 0 Å². The van der Waals surface area contributed by atoms with Gasteiger partial charge in [-0.05, 0) is 80.6 Å². The van der Waals surface area contributed by atoms with E-state index >= 15 is 0 Å². The van der Waals surface area contributed by atoms with Crippen LogP contribution in [0.25, 0.3) is 10.9 Å². The minimum absolute atomic E-state index is 0.0208. The van der Waals surface area contributed by atoms with Crippen LogP contribution in [0.5, 0.6) is 0 Å². The Morgan fingerprint density at radius 2 is 1.78 bits per heavy atom. The molecule has 1 N–H and O–H groups in total.